The molecule has 1 amide bonds. The molecule has 2 aromatic rings. The standard InChI is InChI=1S/C11H14N6O/c1-7-3-4-9(12-2)8(5-7)11(18)13-6-10-14-16-17-15-10/h3-5,12H,6H2,1-2H3,(H,13,18)(H,14,15,16,17). The third-order valence-electron chi connectivity index (χ3n) is 2.49. The van der Waals surface area contributed by atoms with E-state index in [0.29, 0.717) is 11.4 Å². The van der Waals surface area contributed by atoms with Gasteiger partial charge in [-0.3, -0.25) is 4.79 Å². The van der Waals surface area contributed by atoms with Crippen LogP contribution < -0.4 is 10.6 Å². The number of H-pyrrole nitrogens is 1. The highest BCUT2D eigenvalue weighted by Gasteiger charge is 2.11. The minimum atomic E-state index is -0.173. The van der Waals surface area contributed by atoms with Crippen LogP contribution in [0.4, 0.5) is 5.69 Å². The lowest BCUT2D eigenvalue weighted by Crippen LogP contribution is -2.24. The topological polar surface area (TPSA) is 95.6 Å². The molecule has 0 unspecified atom stereocenters. The van der Waals surface area contributed by atoms with Crippen LogP contribution in [0.5, 0.6) is 0 Å². The number of tetrazole rings is 1. The van der Waals surface area contributed by atoms with Gasteiger partial charge >= 0.3 is 0 Å². The van der Waals surface area contributed by atoms with Crippen molar-refractivity contribution in [3.8, 4) is 0 Å². The normalized spacial score (nSPS) is 10.1. The van der Waals surface area contributed by atoms with E-state index >= 15 is 0 Å². The first kappa shape index (κ1) is 12.0. The summed E-state index contributed by atoms with van der Waals surface area (Å²) in [5.74, 6) is 0.273. The maximum Gasteiger partial charge on any atom is 0.253 e. The molecule has 0 fully saturated rings. The number of carbonyl (C=O) groups is 1. The van der Waals surface area contributed by atoms with E-state index in [1.807, 2.05) is 25.1 Å². The van der Waals surface area contributed by atoms with Crippen molar-refractivity contribution in [1.29, 1.82) is 0 Å². The van der Waals surface area contributed by atoms with Gasteiger partial charge in [-0.2, -0.15) is 5.21 Å². The zero-order chi connectivity index (χ0) is 13.0. The number of aromatic amines is 1. The number of anilines is 1. The van der Waals surface area contributed by atoms with Crippen LogP contribution in [0.1, 0.15) is 21.7 Å². The van der Waals surface area contributed by atoms with Crippen LogP contribution in [-0.4, -0.2) is 33.6 Å². The zero-order valence-corrected chi connectivity index (χ0v) is 10.2. The summed E-state index contributed by atoms with van der Waals surface area (Å²) in [7, 11) is 1.78. The Bertz CT molecular complexity index is 536. The Morgan fingerprint density at radius 1 is 1.44 bits per heavy atom. The first-order valence-corrected chi connectivity index (χ1v) is 5.49. The largest absolute Gasteiger partial charge is 0.387 e. The maximum atomic E-state index is 12.0. The fraction of sp³-hybridized carbons (Fsp3) is 0.273. The molecule has 0 saturated heterocycles. The van der Waals surface area contributed by atoms with E-state index in [0.717, 1.165) is 11.3 Å². The summed E-state index contributed by atoms with van der Waals surface area (Å²) in [4.78, 5) is 12.0. The molecule has 7 heteroatoms. The Hall–Kier alpha value is -2.44. The van der Waals surface area contributed by atoms with Crippen LogP contribution in [0.25, 0.3) is 0 Å². The van der Waals surface area contributed by atoms with Crippen molar-refractivity contribution in [1.82, 2.24) is 25.9 Å². The van der Waals surface area contributed by atoms with Gasteiger partial charge in [0.2, 0.25) is 0 Å². The molecule has 0 radical (unpaired) electrons. The van der Waals surface area contributed by atoms with Crippen molar-refractivity contribution >= 4 is 11.6 Å². The summed E-state index contributed by atoms with van der Waals surface area (Å²) < 4.78 is 0. The molecule has 0 aliphatic rings. The molecule has 0 aliphatic heterocycles. The SMILES string of the molecule is CNc1ccc(C)cc1C(=O)NCc1nn[nH]n1. The van der Waals surface area contributed by atoms with Crippen molar-refractivity contribution in [2.75, 3.05) is 12.4 Å². The molecule has 0 aliphatic carbocycles. The van der Waals surface area contributed by atoms with Gasteiger partial charge < -0.3 is 10.6 Å². The number of rotatable bonds is 4. The lowest BCUT2D eigenvalue weighted by molar-refractivity contribution is 0.0950. The van der Waals surface area contributed by atoms with Gasteiger partial charge in [-0.15, -0.1) is 10.2 Å². The summed E-state index contributed by atoms with van der Waals surface area (Å²) in [6.45, 7) is 2.18. The van der Waals surface area contributed by atoms with Crippen LogP contribution in [0.3, 0.4) is 0 Å². The smallest absolute Gasteiger partial charge is 0.253 e. The minimum absolute atomic E-state index is 0.173. The monoisotopic (exact) mass is 246 g/mol. The molecule has 0 atom stereocenters. The van der Waals surface area contributed by atoms with Crippen molar-refractivity contribution < 1.29 is 4.79 Å². The Balaban J connectivity index is 2.10. The summed E-state index contributed by atoms with van der Waals surface area (Å²) in [6, 6.07) is 5.65. The van der Waals surface area contributed by atoms with E-state index in [4.69, 9.17) is 0 Å². The lowest BCUT2D eigenvalue weighted by Gasteiger charge is -2.09. The quantitative estimate of drug-likeness (QED) is 0.729. The fourth-order valence-corrected chi connectivity index (χ4v) is 1.58. The van der Waals surface area contributed by atoms with Crippen molar-refractivity contribution in [3.63, 3.8) is 0 Å². The van der Waals surface area contributed by atoms with Crippen molar-refractivity contribution in [3.05, 3.63) is 35.2 Å². The van der Waals surface area contributed by atoms with Gasteiger partial charge in [-0.1, -0.05) is 16.8 Å². The van der Waals surface area contributed by atoms with E-state index in [-0.39, 0.29) is 12.5 Å². The minimum Gasteiger partial charge on any atom is -0.387 e. The van der Waals surface area contributed by atoms with E-state index in [2.05, 4.69) is 31.3 Å². The number of aromatic nitrogens is 4. The fourth-order valence-electron chi connectivity index (χ4n) is 1.58. The van der Waals surface area contributed by atoms with Gasteiger partial charge in [0.05, 0.1) is 12.1 Å². The molecule has 18 heavy (non-hydrogen) atoms. The molecule has 3 N–H and O–H groups in total. The first-order valence-electron chi connectivity index (χ1n) is 5.49. The first-order chi connectivity index (χ1) is 8.70. The molecule has 94 valence electrons. The molecular weight excluding hydrogens is 232 g/mol. The van der Waals surface area contributed by atoms with Gasteiger partial charge in [0, 0.05) is 12.7 Å². The van der Waals surface area contributed by atoms with Crippen LogP contribution in [0, 0.1) is 6.92 Å². The van der Waals surface area contributed by atoms with Gasteiger partial charge in [-0.25, -0.2) is 0 Å². The van der Waals surface area contributed by atoms with Crippen molar-refractivity contribution in [2.45, 2.75) is 13.5 Å². The Kier molecular flexibility index (Phi) is 3.52. The summed E-state index contributed by atoms with van der Waals surface area (Å²) in [6.07, 6.45) is 0. The molecule has 1 aromatic heterocycles. The maximum absolute atomic E-state index is 12.0. The molecule has 2 rings (SSSR count). The van der Waals surface area contributed by atoms with Gasteiger partial charge in [-0.05, 0) is 19.1 Å². The molecular formula is C11H14N6O. The van der Waals surface area contributed by atoms with Crippen LogP contribution in [-0.2, 0) is 6.54 Å². The van der Waals surface area contributed by atoms with Crippen molar-refractivity contribution in [2.24, 2.45) is 0 Å². The predicted octanol–water partition coefficient (Wildman–Crippen LogP) is 0.480. The number of carbonyl (C=O) groups excluding carboxylic acids is 1. The third-order valence-corrected chi connectivity index (χ3v) is 2.49. The van der Waals surface area contributed by atoms with Crippen LogP contribution in [0.2, 0.25) is 0 Å². The molecule has 0 saturated carbocycles. The third kappa shape index (κ3) is 2.62. The average Bonchev–Trinajstić information content (AvgIpc) is 2.89. The number of nitrogens with one attached hydrogen (secondary N) is 3. The van der Waals surface area contributed by atoms with E-state index in [9.17, 15) is 4.79 Å². The second-order valence-corrected chi connectivity index (χ2v) is 3.81. The molecule has 7 nitrogen and oxygen atoms in total. The summed E-state index contributed by atoms with van der Waals surface area (Å²) >= 11 is 0. The zero-order valence-electron chi connectivity index (χ0n) is 10.2. The van der Waals surface area contributed by atoms with Crippen LogP contribution >= 0.6 is 0 Å². The number of hydrogen-bond donors (Lipinski definition) is 3. The summed E-state index contributed by atoms with van der Waals surface area (Å²) in [5, 5.41) is 19.0. The second kappa shape index (κ2) is 5.26. The summed E-state index contributed by atoms with van der Waals surface area (Å²) in [5.41, 5.74) is 2.41. The number of nitrogens with zero attached hydrogens (tertiary/aromatic N) is 3. The average molecular weight is 246 g/mol. The highest BCUT2D eigenvalue weighted by molar-refractivity contribution is 5.99. The van der Waals surface area contributed by atoms with E-state index in [1.54, 1.807) is 7.05 Å². The lowest BCUT2D eigenvalue weighted by atomic mass is 10.1. The molecule has 1 aromatic carbocycles. The second-order valence-electron chi connectivity index (χ2n) is 3.81. The van der Waals surface area contributed by atoms with E-state index in [1.165, 1.54) is 0 Å². The number of benzene rings is 1. The van der Waals surface area contributed by atoms with Crippen LogP contribution in [0.15, 0.2) is 18.2 Å². The highest BCUT2D eigenvalue weighted by atomic mass is 16.1. The Labute approximate surface area is 104 Å². The number of amides is 1. The van der Waals surface area contributed by atoms with E-state index < -0.39 is 0 Å². The molecule has 0 spiro atoms. The van der Waals surface area contributed by atoms with Gasteiger partial charge in [0.1, 0.15) is 0 Å². The van der Waals surface area contributed by atoms with Gasteiger partial charge in [0.25, 0.3) is 5.91 Å². The molecule has 1 heterocycles. The number of hydrogen-bond acceptors (Lipinski definition) is 5. The molecule has 0 bridgehead atoms. The Morgan fingerprint density at radius 3 is 2.94 bits per heavy atom. The predicted molar refractivity (Wildman–Crippen MR) is 66.1 cm³/mol. The number of aryl methyl sites for hydroxylation is 1. The van der Waals surface area contributed by atoms with Gasteiger partial charge in [0.15, 0.2) is 5.82 Å². The Morgan fingerprint density at radius 2 is 2.28 bits per heavy atom. The highest BCUT2D eigenvalue weighted by Crippen LogP contribution is 2.16.